The molecule has 0 spiro atoms. The molecule has 8 heteroatoms. The highest BCUT2D eigenvalue weighted by molar-refractivity contribution is 5.82. The van der Waals surface area contributed by atoms with Gasteiger partial charge < -0.3 is 15.8 Å². The molecule has 0 aromatic carbocycles. The van der Waals surface area contributed by atoms with Crippen molar-refractivity contribution in [3.8, 4) is 0 Å². The lowest BCUT2D eigenvalue weighted by Crippen LogP contribution is -2.43. The Morgan fingerprint density at radius 2 is 2.10 bits per heavy atom. The van der Waals surface area contributed by atoms with Crippen molar-refractivity contribution in [2.24, 2.45) is 22.7 Å². The topological polar surface area (TPSA) is 78.9 Å². The number of amidine groups is 1. The van der Waals surface area contributed by atoms with Gasteiger partial charge >= 0.3 is 6.18 Å². The van der Waals surface area contributed by atoms with E-state index in [4.69, 9.17) is 10.9 Å². The van der Waals surface area contributed by atoms with E-state index in [9.17, 15) is 18.0 Å². The molecule has 1 aliphatic carbocycles. The Bertz CT molecular complexity index is 399. The van der Waals surface area contributed by atoms with Gasteiger partial charge in [-0.15, -0.1) is 0 Å². The SMILES string of the molecule is CC(CC(N)=NO)N(C)C(=O)C1CCCC(C(F)(F)F)C1. The zero-order valence-electron chi connectivity index (χ0n) is 12.2. The summed E-state index contributed by atoms with van der Waals surface area (Å²) in [6.45, 7) is 1.71. The molecule has 1 aliphatic rings. The summed E-state index contributed by atoms with van der Waals surface area (Å²) in [5.41, 5.74) is 5.38. The summed E-state index contributed by atoms with van der Waals surface area (Å²) < 4.78 is 38.3. The number of halogens is 3. The number of rotatable bonds is 4. The van der Waals surface area contributed by atoms with Gasteiger partial charge in [0.1, 0.15) is 5.84 Å². The molecule has 122 valence electrons. The Morgan fingerprint density at radius 1 is 1.48 bits per heavy atom. The van der Waals surface area contributed by atoms with Crippen LogP contribution in [-0.2, 0) is 4.79 Å². The highest BCUT2D eigenvalue weighted by atomic mass is 19.4. The number of hydrogen-bond donors (Lipinski definition) is 2. The van der Waals surface area contributed by atoms with Crippen molar-refractivity contribution in [3.05, 3.63) is 0 Å². The van der Waals surface area contributed by atoms with Crippen molar-refractivity contribution >= 4 is 11.7 Å². The number of nitrogens with two attached hydrogens (primary N) is 1. The number of carbonyl (C=O) groups excluding carboxylic acids is 1. The zero-order valence-corrected chi connectivity index (χ0v) is 12.2. The molecule has 3 N–H and O–H groups in total. The number of amides is 1. The van der Waals surface area contributed by atoms with Gasteiger partial charge in [-0.1, -0.05) is 11.6 Å². The summed E-state index contributed by atoms with van der Waals surface area (Å²) in [7, 11) is 1.54. The van der Waals surface area contributed by atoms with Gasteiger partial charge in [-0.3, -0.25) is 4.79 Å². The van der Waals surface area contributed by atoms with Crippen LogP contribution in [0.1, 0.15) is 39.0 Å². The number of oxime groups is 1. The predicted molar refractivity (Wildman–Crippen MR) is 71.8 cm³/mol. The molecular weight excluding hydrogens is 287 g/mol. The first-order chi connectivity index (χ1) is 9.66. The van der Waals surface area contributed by atoms with Gasteiger partial charge in [-0.25, -0.2) is 0 Å². The van der Waals surface area contributed by atoms with Gasteiger partial charge in [0.2, 0.25) is 5.91 Å². The number of nitrogens with zero attached hydrogens (tertiary/aromatic N) is 2. The molecule has 1 amide bonds. The van der Waals surface area contributed by atoms with E-state index in [1.807, 2.05) is 0 Å². The zero-order chi connectivity index (χ0) is 16.2. The summed E-state index contributed by atoms with van der Waals surface area (Å²) in [5, 5.41) is 11.3. The van der Waals surface area contributed by atoms with Crippen LogP contribution in [0, 0.1) is 11.8 Å². The van der Waals surface area contributed by atoms with E-state index in [-0.39, 0.29) is 37.0 Å². The van der Waals surface area contributed by atoms with E-state index in [1.165, 1.54) is 11.9 Å². The highest BCUT2D eigenvalue weighted by Gasteiger charge is 2.44. The maximum atomic E-state index is 12.8. The normalized spacial score (nSPS) is 25.5. The Morgan fingerprint density at radius 3 is 2.62 bits per heavy atom. The fourth-order valence-electron chi connectivity index (χ4n) is 2.70. The first-order valence-corrected chi connectivity index (χ1v) is 6.96. The van der Waals surface area contributed by atoms with Gasteiger partial charge in [-0.2, -0.15) is 13.2 Å². The van der Waals surface area contributed by atoms with Gasteiger partial charge in [0.05, 0.1) is 5.92 Å². The van der Waals surface area contributed by atoms with Crippen molar-refractivity contribution < 1.29 is 23.2 Å². The maximum Gasteiger partial charge on any atom is 0.391 e. The average molecular weight is 309 g/mol. The molecule has 21 heavy (non-hydrogen) atoms. The smallest absolute Gasteiger partial charge is 0.391 e. The van der Waals surface area contributed by atoms with Crippen molar-refractivity contribution in [2.45, 2.75) is 51.2 Å². The molecule has 5 nitrogen and oxygen atoms in total. The van der Waals surface area contributed by atoms with E-state index in [2.05, 4.69) is 5.16 Å². The predicted octanol–water partition coefficient (Wildman–Crippen LogP) is 2.34. The molecule has 0 aromatic heterocycles. The van der Waals surface area contributed by atoms with E-state index in [1.54, 1.807) is 6.92 Å². The van der Waals surface area contributed by atoms with Crippen LogP contribution in [0.5, 0.6) is 0 Å². The largest absolute Gasteiger partial charge is 0.409 e. The molecule has 3 atom stereocenters. The van der Waals surface area contributed by atoms with Crippen LogP contribution in [0.2, 0.25) is 0 Å². The Labute approximate surface area is 122 Å². The molecule has 0 saturated heterocycles. The summed E-state index contributed by atoms with van der Waals surface area (Å²) in [5.74, 6) is -2.32. The lowest BCUT2D eigenvalue weighted by atomic mass is 9.80. The maximum absolute atomic E-state index is 12.8. The molecule has 0 bridgehead atoms. The lowest BCUT2D eigenvalue weighted by molar-refractivity contribution is -0.187. The molecular formula is C13H22F3N3O2. The molecule has 0 radical (unpaired) electrons. The molecule has 0 aromatic rings. The van der Waals surface area contributed by atoms with Crippen LogP contribution >= 0.6 is 0 Å². The van der Waals surface area contributed by atoms with Crippen LogP contribution in [0.15, 0.2) is 5.16 Å². The Kier molecular flexibility index (Phi) is 5.86. The molecule has 3 unspecified atom stereocenters. The van der Waals surface area contributed by atoms with Crippen molar-refractivity contribution in [1.82, 2.24) is 4.90 Å². The quantitative estimate of drug-likeness (QED) is 0.362. The molecule has 1 saturated carbocycles. The highest BCUT2D eigenvalue weighted by Crippen LogP contribution is 2.40. The minimum absolute atomic E-state index is 0.0148. The number of alkyl halides is 3. The van der Waals surface area contributed by atoms with E-state index >= 15 is 0 Å². The standard InChI is InChI=1S/C13H22F3N3O2/c1-8(6-11(17)18-21)19(2)12(20)9-4-3-5-10(7-9)13(14,15)16/h8-10,21H,3-7H2,1-2H3,(H2,17,18). The van der Waals surface area contributed by atoms with Crippen LogP contribution in [0.4, 0.5) is 13.2 Å². The second-order valence-electron chi connectivity index (χ2n) is 5.70. The van der Waals surface area contributed by atoms with Crippen LogP contribution in [0.25, 0.3) is 0 Å². The van der Waals surface area contributed by atoms with Gasteiger partial charge in [0.25, 0.3) is 0 Å². The Balaban J connectivity index is 2.65. The fraction of sp³-hybridized carbons (Fsp3) is 0.846. The second-order valence-corrected chi connectivity index (χ2v) is 5.70. The summed E-state index contributed by atoms with van der Waals surface area (Å²) in [6.07, 6.45) is -3.24. The number of carbonyl (C=O) groups is 1. The molecule has 1 fully saturated rings. The molecule has 0 aliphatic heterocycles. The third-order valence-corrected chi connectivity index (χ3v) is 4.13. The average Bonchev–Trinajstić information content (AvgIpc) is 2.44. The van der Waals surface area contributed by atoms with E-state index in [0.717, 1.165) is 0 Å². The molecule has 1 rings (SSSR count). The van der Waals surface area contributed by atoms with Gasteiger partial charge in [-0.05, 0) is 26.2 Å². The monoisotopic (exact) mass is 309 g/mol. The van der Waals surface area contributed by atoms with Crippen LogP contribution < -0.4 is 5.73 Å². The molecule has 0 heterocycles. The number of hydrogen-bond acceptors (Lipinski definition) is 3. The summed E-state index contributed by atoms with van der Waals surface area (Å²) >= 11 is 0. The fourth-order valence-corrected chi connectivity index (χ4v) is 2.70. The third-order valence-electron chi connectivity index (χ3n) is 4.13. The first kappa shape index (κ1) is 17.6. The van der Waals surface area contributed by atoms with Gasteiger partial charge in [0.15, 0.2) is 0 Å². The summed E-state index contributed by atoms with van der Waals surface area (Å²) in [4.78, 5) is 13.7. The van der Waals surface area contributed by atoms with Crippen molar-refractivity contribution in [1.29, 1.82) is 0 Å². The van der Waals surface area contributed by atoms with Crippen molar-refractivity contribution in [2.75, 3.05) is 7.05 Å². The third kappa shape index (κ3) is 4.78. The van der Waals surface area contributed by atoms with Crippen LogP contribution in [-0.4, -0.2) is 41.1 Å². The lowest BCUT2D eigenvalue weighted by Gasteiger charge is -2.34. The first-order valence-electron chi connectivity index (χ1n) is 6.96. The minimum atomic E-state index is -4.24. The van der Waals surface area contributed by atoms with Crippen molar-refractivity contribution in [3.63, 3.8) is 0 Å². The van der Waals surface area contributed by atoms with E-state index < -0.39 is 18.0 Å². The Hall–Kier alpha value is -1.47. The minimum Gasteiger partial charge on any atom is -0.409 e. The van der Waals surface area contributed by atoms with Crippen LogP contribution in [0.3, 0.4) is 0 Å². The summed E-state index contributed by atoms with van der Waals surface area (Å²) in [6, 6.07) is -0.334. The van der Waals surface area contributed by atoms with E-state index in [0.29, 0.717) is 12.8 Å². The second kappa shape index (κ2) is 7.00. The van der Waals surface area contributed by atoms with Gasteiger partial charge in [0, 0.05) is 25.4 Å².